The molecule has 2 amide bonds. The molecule has 0 bridgehead atoms. The molecule has 5 nitrogen and oxygen atoms in total. The molecule has 25 heavy (non-hydrogen) atoms. The van der Waals surface area contributed by atoms with Crippen molar-refractivity contribution in [3.63, 3.8) is 0 Å². The van der Waals surface area contributed by atoms with E-state index in [0.29, 0.717) is 26.1 Å². The Morgan fingerprint density at radius 2 is 1.88 bits per heavy atom. The van der Waals surface area contributed by atoms with Crippen molar-refractivity contribution in [2.24, 2.45) is 5.92 Å². The van der Waals surface area contributed by atoms with Crippen LogP contribution in [0, 0.1) is 12.8 Å². The van der Waals surface area contributed by atoms with Crippen LogP contribution in [-0.2, 0) is 16.0 Å². The molecule has 0 radical (unpaired) electrons. The largest absolute Gasteiger partial charge is 0.355 e. The number of likely N-dealkylation sites (tertiary alicyclic amines) is 2. The average molecular weight is 343 g/mol. The van der Waals surface area contributed by atoms with Gasteiger partial charge in [0.1, 0.15) is 0 Å². The number of aryl methyl sites for hydroxylation is 1. The average Bonchev–Trinajstić information content (AvgIpc) is 3.24. The van der Waals surface area contributed by atoms with Crippen LogP contribution in [0.2, 0.25) is 0 Å². The van der Waals surface area contributed by atoms with E-state index >= 15 is 0 Å². The molecule has 1 N–H and O–H groups in total. The summed E-state index contributed by atoms with van der Waals surface area (Å²) in [4.78, 5) is 28.7. The molecule has 136 valence electrons. The van der Waals surface area contributed by atoms with Gasteiger partial charge in [0, 0.05) is 32.6 Å². The van der Waals surface area contributed by atoms with Gasteiger partial charge in [-0.05, 0) is 44.8 Å². The van der Waals surface area contributed by atoms with Crippen molar-refractivity contribution in [2.75, 3.05) is 39.3 Å². The Balaban J connectivity index is 1.40. The molecule has 1 unspecified atom stereocenters. The second kappa shape index (κ2) is 8.48. The summed E-state index contributed by atoms with van der Waals surface area (Å²) in [6, 6.07) is 8.41. The normalized spacial score (nSPS) is 21.1. The van der Waals surface area contributed by atoms with Crippen molar-refractivity contribution in [1.82, 2.24) is 15.1 Å². The van der Waals surface area contributed by atoms with Gasteiger partial charge in [-0.15, -0.1) is 0 Å². The second-order valence-corrected chi connectivity index (χ2v) is 7.32. The second-order valence-electron chi connectivity index (χ2n) is 7.32. The predicted molar refractivity (Wildman–Crippen MR) is 98.3 cm³/mol. The zero-order chi connectivity index (χ0) is 17.6. The topological polar surface area (TPSA) is 52.7 Å². The number of hydrogen-bond acceptors (Lipinski definition) is 3. The maximum absolute atomic E-state index is 12.3. The predicted octanol–water partition coefficient (Wildman–Crippen LogP) is 1.60. The van der Waals surface area contributed by atoms with Crippen LogP contribution < -0.4 is 5.32 Å². The molecule has 2 fully saturated rings. The molecule has 2 aliphatic rings. The summed E-state index contributed by atoms with van der Waals surface area (Å²) in [6.45, 7) is 7.21. The lowest BCUT2D eigenvalue weighted by Gasteiger charge is -2.18. The molecule has 1 aromatic rings. The number of nitrogens with zero attached hydrogens (tertiary/aromatic N) is 2. The van der Waals surface area contributed by atoms with Crippen molar-refractivity contribution in [2.45, 2.75) is 32.6 Å². The van der Waals surface area contributed by atoms with Gasteiger partial charge in [-0.3, -0.25) is 9.59 Å². The van der Waals surface area contributed by atoms with Gasteiger partial charge < -0.3 is 15.1 Å². The minimum atomic E-state index is -0.191. The fourth-order valence-electron chi connectivity index (χ4n) is 3.67. The highest BCUT2D eigenvalue weighted by Gasteiger charge is 2.33. The molecule has 1 aromatic carbocycles. The number of hydrogen-bond donors (Lipinski definition) is 1. The summed E-state index contributed by atoms with van der Waals surface area (Å²) in [6.07, 6.45) is 3.72. The third-order valence-corrected chi connectivity index (χ3v) is 5.30. The van der Waals surface area contributed by atoms with Crippen LogP contribution in [-0.4, -0.2) is 60.9 Å². The zero-order valence-electron chi connectivity index (χ0n) is 15.2. The van der Waals surface area contributed by atoms with E-state index in [4.69, 9.17) is 0 Å². The van der Waals surface area contributed by atoms with E-state index in [1.54, 1.807) is 0 Å². The van der Waals surface area contributed by atoms with Gasteiger partial charge >= 0.3 is 0 Å². The molecule has 0 spiro atoms. The van der Waals surface area contributed by atoms with E-state index in [1.807, 2.05) is 4.90 Å². The van der Waals surface area contributed by atoms with Crippen LogP contribution in [0.1, 0.15) is 30.4 Å². The number of carbonyl (C=O) groups is 2. The minimum Gasteiger partial charge on any atom is -0.355 e. The smallest absolute Gasteiger partial charge is 0.225 e. The van der Waals surface area contributed by atoms with Crippen LogP contribution in [0.3, 0.4) is 0 Å². The summed E-state index contributed by atoms with van der Waals surface area (Å²) >= 11 is 0. The van der Waals surface area contributed by atoms with Crippen molar-refractivity contribution in [1.29, 1.82) is 0 Å². The van der Waals surface area contributed by atoms with Crippen LogP contribution in [0.15, 0.2) is 24.3 Å². The molecular formula is C20H29N3O2. The molecule has 0 aromatic heterocycles. The monoisotopic (exact) mass is 343 g/mol. The summed E-state index contributed by atoms with van der Waals surface area (Å²) < 4.78 is 0. The van der Waals surface area contributed by atoms with Crippen molar-refractivity contribution < 1.29 is 9.59 Å². The Hall–Kier alpha value is -1.88. The van der Waals surface area contributed by atoms with Gasteiger partial charge in [0.2, 0.25) is 11.8 Å². The van der Waals surface area contributed by atoms with E-state index in [0.717, 1.165) is 26.1 Å². The standard InChI is InChI=1S/C20H29N3O2/c1-16-4-6-17(7-5-16)8-12-23-15-18(14-19(23)24)20(25)21-9-13-22-10-2-3-11-22/h4-7,18H,2-3,8-15H2,1H3,(H,21,25). The zero-order valence-corrected chi connectivity index (χ0v) is 15.2. The molecule has 0 saturated carbocycles. The SMILES string of the molecule is Cc1ccc(CCN2CC(C(=O)NCCN3CCCC3)CC2=O)cc1. The van der Waals surface area contributed by atoms with Crippen LogP contribution >= 0.6 is 0 Å². The Morgan fingerprint density at radius 1 is 1.16 bits per heavy atom. The summed E-state index contributed by atoms with van der Waals surface area (Å²) in [5, 5.41) is 3.01. The molecule has 3 rings (SSSR count). The molecule has 5 heteroatoms. The highest BCUT2D eigenvalue weighted by molar-refractivity contribution is 5.89. The maximum atomic E-state index is 12.3. The number of amides is 2. The number of nitrogens with one attached hydrogen (secondary N) is 1. The lowest BCUT2D eigenvalue weighted by Crippen LogP contribution is -2.38. The van der Waals surface area contributed by atoms with Crippen LogP contribution in [0.4, 0.5) is 0 Å². The lowest BCUT2D eigenvalue weighted by atomic mass is 10.1. The van der Waals surface area contributed by atoms with Crippen molar-refractivity contribution >= 4 is 11.8 Å². The molecule has 2 saturated heterocycles. The van der Waals surface area contributed by atoms with Gasteiger partial charge in [0.25, 0.3) is 0 Å². The summed E-state index contributed by atoms with van der Waals surface area (Å²) in [5.41, 5.74) is 2.48. The molecule has 2 aliphatic heterocycles. The molecule has 0 aliphatic carbocycles. The Bertz CT molecular complexity index is 593. The van der Waals surface area contributed by atoms with E-state index in [-0.39, 0.29) is 17.7 Å². The van der Waals surface area contributed by atoms with Crippen molar-refractivity contribution in [3.8, 4) is 0 Å². The minimum absolute atomic E-state index is 0.0328. The van der Waals surface area contributed by atoms with Crippen LogP contribution in [0.5, 0.6) is 0 Å². The van der Waals surface area contributed by atoms with E-state index in [2.05, 4.69) is 41.4 Å². The Labute approximate surface area is 150 Å². The first-order valence-electron chi connectivity index (χ1n) is 9.45. The number of carbonyl (C=O) groups excluding carboxylic acids is 2. The highest BCUT2D eigenvalue weighted by atomic mass is 16.2. The van der Waals surface area contributed by atoms with Gasteiger partial charge in [-0.25, -0.2) is 0 Å². The summed E-state index contributed by atoms with van der Waals surface area (Å²) in [7, 11) is 0. The van der Waals surface area contributed by atoms with Gasteiger partial charge in [-0.1, -0.05) is 29.8 Å². The Morgan fingerprint density at radius 3 is 2.60 bits per heavy atom. The third-order valence-electron chi connectivity index (χ3n) is 5.30. The fourth-order valence-corrected chi connectivity index (χ4v) is 3.67. The maximum Gasteiger partial charge on any atom is 0.225 e. The third kappa shape index (κ3) is 5.05. The quantitative estimate of drug-likeness (QED) is 0.818. The van der Waals surface area contributed by atoms with E-state index in [9.17, 15) is 9.59 Å². The highest BCUT2D eigenvalue weighted by Crippen LogP contribution is 2.18. The van der Waals surface area contributed by atoms with Gasteiger partial charge in [0.05, 0.1) is 5.92 Å². The van der Waals surface area contributed by atoms with Crippen LogP contribution in [0.25, 0.3) is 0 Å². The molecular weight excluding hydrogens is 314 g/mol. The first-order chi connectivity index (χ1) is 12.1. The fraction of sp³-hybridized carbons (Fsp3) is 0.600. The Kier molecular flexibility index (Phi) is 6.08. The van der Waals surface area contributed by atoms with E-state index in [1.165, 1.54) is 24.0 Å². The first-order valence-corrected chi connectivity index (χ1v) is 9.45. The lowest BCUT2D eigenvalue weighted by molar-refractivity contribution is -0.129. The van der Waals surface area contributed by atoms with E-state index < -0.39 is 0 Å². The van der Waals surface area contributed by atoms with Gasteiger partial charge in [0.15, 0.2) is 0 Å². The molecule has 1 atom stereocenters. The number of rotatable bonds is 7. The summed E-state index contributed by atoms with van der Waals surface area (Å²) in [5.74, 6) is -0.0544. The molecule has 2 heterocycles. The van der Waals surface area contributed by atoms with Crippen molar-refractivity contribution in [3.05, 3.63) is 35.4 Å². The number of benzene rings is 1. The van der Waals surface area contributed by atoms with Gasteiger partial charge in [-0.2, -0.15) is 0 Å². The first kappa shape index (κ1) is 17.9.